The molecule has 0 spiro atoms. The molecule has 0 fully saturated rings. The summed E-state index contributed by atoms with van der Waals surface area (Å²) in [5, 5.41) is 3.04. The fraction of sp³-hybridized carbons (Fsp3) is 0. The quantitative estimate of drug-likeness (QED) is 0.831. The van der Waals surface area contributed by atoms with Crippen LogP contribution < -0.4 is 11.1 Å². The van der Waals surface area contributed by atoms with Crippen molar-refractivity contribution in [1.82, 2.24) is 0 Å². The van der Waals surface area contributed by atoms with E-state index in [-0.39, 0.29) is 6.29 Å². The van der Waals surface area contributed by atoms with Crippen LogP contribution >= 0.6 is 11.6 Å². The molecule has 2 aromatic rings. The van der Waals surface area contributed by atoms with Gasteiger partial charge in [0, 0.05) is 10.7 Å². The van der Waals surface area contributed by atoms with Gasteiger partial charge >= 0.3 is 6.03 Å². The van der Waals surface area contributed by atoms with Gasteiger partial charge < -0.3 is 11.1 Å². The van der Waals surface area contributed by atoms with Crippen molar-refractivity contribution in [2.24, 2.45) is 5.73 Å². The van der Waals surface area contributed by atoms with Crippen LogP contribution in [0.4, 0.5) is 19.3 Å². The van der Waals surface area contributed by atoms with Gasteiger partial charge in [0.15, 0.2) is 6.29 Å². The van der Waals surface area contributed by atoms with Crippen molar-refractivity contribution in [2.75, 3.05) is 5.32 Å². The number of nitrogens with two attached hydrogens (primary N) is 1. The molecule has 0 atom stereocenters. The first-order valence-corrected chi connectivity index (χ1v) is 6.03. The van der Waals surface area contributed by atoms with E-state index in [0.29, 0.717) is 10.7 Å². The van der Waals surface area contributed by atoms with Crippen molar-refractivity contribution >= 4 is 29.6 Å². The van der Waals surface area contributed by atoms with Crippen LogP contribution in [0.3, 0.4) is 0 Å². The lowest BCUT2D eigenvalue weighted by Gasteiger charge is -1.99. The second-order valence-corrected chi connectivity index (χ2v) is 4.19. The molecular formula is C14H11ClF2N2O2. The predicted molar refractivity (Wildman–Crippen MR) is 76.4 cm³/mol. The van der Waals surface area contributed by atoms with E-state index in [1.807, 2.05) is 0 Å². The Morgan fingerprint density at radius 3 is 2.00 bits per heavy atom. The molecular weight excluding hydrogens is 302 g/mol. The molecule has 0 aliphatic carbocycles. The Bertz CT molecular complexity index is 613. The molecule has 0 aromatic heterocycles. The lowest BCUT2D eigenvalue weighted by atomic mass is 10.2. The lowest BCUT2D eigenvalue weighted by molar-refractivity contribution is 0.111. The number of benzene rings is 2. The van der Waals surface area contributed by atoms with Gasteiger partial charge in [0.1, 0.15) is 11.6 Å². The van der Waals surface area contributed by atoms with Crippen molar-refractivity contribution in [3.8, 4) is 0 Å². The maximum atomic E-state index is 12.4. The van der Waals surface area contributed by atoms with Crippen LogP contribution in [0, 0.1) is 11.6 Å². The topological polar surface area (TPSA) is 72.2 Å². The van der Waals surface area contributed by atoms with Gasteiger partial charge in [0.25, 0.3) is 0 Å². The van der Waals surface area contributed by atoms with Gasteiger partial charge in [-0.3, -0.25) is 4.79 Å². The average Bonchev–Trinajstić information content (AvgIpc) is 2.42. The van der Waals surface area contributed by atoms with Crippen LogP contribution in [0.15, 0.2) is 42.5 Å². The maximum Gasteiger partial charge on any atom is 0.316 e. The summed E-state index contributed by atoms with van der Waals surface area (Å²) < 4.78 is 24.8. The van der Waals surface area contributed by atoms with E-state index in [4.69, 9.17) is 17.3 Å². The van der Waals surface area contributed by atoms with Crippen LogP contribution in [-0.4, -0.2) is 12.3 Å². The molecule has 2 rings (SSSR count). The molecule has 0 saturated carbocycles. The molecule has 0 aliphatic rings. The second kappa shape index (κ2) is 7.96. The summed E-state index contributed by atoms with van der Waals surface area (Å²) in [7, 11) is 0. The van der Waals surface area contributed by atoms with Crippen molar-refractivity contribution in [2.45, 2.75) is 0 Å². The highest BCUT2D eigenvalue weighted by atomic mass is 35.5. The van der Waals surface area contributed by atoms with Gasteiger partial charge in [-0.2, -0.15) is 0 Å². The number of aldehydes is 1. The smallest absolute Gasteiger partial charge is 0.316 e. The number of anilines is 1. The molecule has 21 heavy (non-hydrogen) atoms. The van der Waals surface area contributed by atoms with Crippen molar-refractivity contribution in [3.63, 3.8) is 0 Å². The number of carbonyl (C=O) groups excluding carboxylic acids is 2. The number of nitrogens with one attached hydrogen (secondary N) is 1. The number of hydrogen-bond donors (Lipinski definition) is 2. The zero-order chi connectivity index (χ0) is 15.8. The minimum absolute atomic E-state index is 0.157. The second-order valence-electron chi connectivity index (χ2n) is 3.75. The molecule has 2 aromatic carbocycles. The van der Waals surface area contributed by atoms with Crippen molar-refractivity contribution < 1.29 is 18.4 Å². The van der Waals surface area contributed by atoms with Crippen LogP contribution in [0.5, 0.6) is 0 Å². The molecule has 0 saturated heterocycles. The Kier molecular flexibility index (Phi) is 6.29. The monoisotopic (exact) mass is 312 g/mol. The minimum atomic E-state index is -0.824. The molecule has 4 nitrogen and oxygen atoms in total. The number of halogens is 3. The Balaban J connectivity index is 0.000000211. The summed E-state index contributed by atoms with van der Waals surface area (Å²) in [5.74, 6) is -1.65. The number of hydrogen-bond acceptors (Lipinski definition) is 2. The number of carbonyl (C=O) groups is 2. The van der Waals surface area contributed by atoms with E-state index in [1.54, 1.807) is 24.3 Å². The SMILES string of the molecule is NC(=O)Nc1ccc(Cl)cc1.O=Cc1c(F)cccc1F. The van der Waals surface area contributed by atoms with E-state index >= 15 is 0 Å². The third kappa shape index (κ3) is 5.58. The Labute approximate surface area is 124 Å². The molecule has 0 bridgehead atoms. The molecule has 2 amide bonds. The molecule has 0 unspecified atom stereocenters. The van der Waals surface area contributed by atoms with Gasteiger partial charge in [-0.05, 0) is 36.4 Å². The van der Waals surface area contributed by atoms with Gasteiger partial charge in [0.05, 0.1) is 5.56 Å². The molecule has 0 heterocycles. The molecule has 0 aliphatic heterocycles. The molecule has 110 valence electrons. The van der Waals surface area contributed by atoms with Crippen LogP contribution in [0.25, 0.3) is 0 Å². The fourth-order valence-electron chi connectivity index (χ4n) is 1.30. The van der Waals surface area contributed by atoms with Crippen molar-refractivity contribution in [3.05, 3.63) is 64.7 Å². The summed E-state index contributed by atoms with van der Waals surface area (Å²) in [6, 6.07) is 9.39. The largest absolute Gasteiger partial charge is 0.351 e. The van der Waals surface area contributed by atoms with E-state index < -0.39 is 23.2 Å². The zero-order valence-electron chi connectivity index (χ0n) is 10.6. The first kappa shape index (κ1) is 16.6. The number of primary amides is 1. The van der Waals surface area contributed by atoms with Crippen LogP contribution in [-0.2, 0) is 0 Å². The Morgan fingerprint density at radius 1 is 1.10 bits per heavy atom. The number of urea groups is 1. The average molecular weight is 313 g/mol. The van der Waals surface area contributed by atoms with Gasteiger partial charge in [0.2, 0.25) is 0 Å². The minimum Gasteiger partial charge on any atom is -0.351 e. The fourth-order valence-corrected chi connectivity index (χ4v) is 1.42. The van der Waals surface area contributed by atoms with Gasteiger partial charge in [-0.25, -0.2) is 13.6 Å². The van der Waals surface area contributed by atoms with Gasteiger partial charge in [-0.1, -0.05) is 17.7 Å². The van der Waals surface area contributed by atoms with E-state index in [0.717, 1.165) is 12.1 Å². The Hall–Kier alpha value is -2.47. The summed E-state index contributed by atoms with van der Waals surface area (Å²) in [5.41, 5.74) is 5.01. The number of amides is 2. The van der Waals surface area contributed by atoms with Crippen LogP contribution in [0.2, 0.25) is 5.02 Å². The van der Waals surface area contributed by atoms with Gasteiger partial charge in [-0.15, -0.1) is 0 Å². The summed E-state index contributed by atoms with van der Waals surface area (Å²) in [6.07, 6.45) is 0.157. The van der Waals surface area contributed by atoms with Crippen molar-refractivity contribution in [1.29, 1.82) is 0 Å². The third-order valence-corrected chi connectivity index (χ3v) is 2.48. The first-order valence-electron chi connectivity index (χ1n) is 5.65. The van der Waals surface area contributed by atoms with Crippen LogP contribution in [0.1, 0.15) is 10.4 Å². The third-order valence-electron chi connectivity index (χ3n) is 2.23. The normalized spacial score (nSPS) is 9.29. The highest BCUT2D eigenvalue weighted by Gasteiger charge is 2.04. The molecule has 0 radical (unpaired) electrons. The summed E-state index contributed by atoms with van der Waals surface area (Å²) >= 11 is 5.60. The highest BCUT2D eigenvalue weighted by Crippen LogP contribution is 2.12. The Morgan fingerprint density at radius 2 is 1.62 bits per heavy atom. The summed E-state index contributed by atoms with van der Waals surface area (Å²) in [4.78, 5) is 20.3. The van der Waals surface area contributed by atoms with E-state index in [2.05, 4.69) is 5.32 Å². The standard InChI is InChI=1S/C7H7ClN2O.C7H4F2O/c8-5-1-3-6(4-2-5)10-7(9)11;8-6-2-1-3-7(9)5(6)4-10/h1-4H,(H3,9,10,11);1-4H. The van der Waals surface area contributed by atoms with E-state index in [9.17, 15) is 18.4 Å². The maximum absolute atomic E-state index is 12.4. The lowest BCUT2D eigenvalue weighted by Crippen LogP contribution is -2.18. The molecule has 3 N–H and O–H groups in total. The highest BCUT2D eigenvalue weighted by molar-refractivity contribution is 6.30. The number of rotatable bonds is 2. The first-order chi connectivity index (χ1) is 9.93. The molecule has 7 heteroatoms. The zero-order valence-corrected chi connectivity index (χ0v) is 11.4. The summed E-state index contributed by atoms with van der Waals surface area (Å²) in [6.45, 7) is 0. The predicted octanol–water partition coefficient (Wildman–Crippen LogP) is 3.61. The van der Waals surface area contributed by atoms with E-state index in [1.165, 1.54) is 6.07 Å².